The van der Waals surface area contributed by atoms with E-state index < -0.39 is 0 Å². The van der Waals surface area contributed by atoms with Crippen molar-refractivity contribution in [2.24, 2.45) is 5.92 Å². The van der Waals surface area contributed by atoms with Crippen molar-refractivity contribution in [2.45, 2.75) is 13.3 Å². The van der Waals surface area contributed by atoms with Gasteiger partial charge in [0.25, 0.3) is 0 Å². The molecule has 0 spiro atoms. The number of anilines is 1. The zero-order chi connectivity index (χ0) is 10.7. The number of pyridine rings is 1. The standard InChI is InChI=1S/C11H15N3O/c1-8-6-12-5-3-10(8)14-11(15)9-2-4-13-7-9/h3,5-6,9,13H,2,4,7H2,1H3,(H,12,14,15). The normalized spacial score (nSPS) is 20.2. The van der Waals surface area contributed by atoms with Crippen molar-refractivity contribution in [3.8, 4) is 0 Å². The molecular formula is C11H15N3O. The molecule has 80 valence electrons. The van der Waals surface area contributed by atoms with Crippen LogP contribution in [0, 0.1) is 12.8 Å². The van der Waals surface area contributed by atoms with E-state index >= 15 is 0 Å². The Labute approximate surface area is 89.1 Å². The third kappa shape index (κ3) is 2.33. The monoisotopic (exact) mass is 205 g/mol. The Kier molecular flexibility index (Phi) is 2.97. The van der Waals surface area contributed by atoms with Crippen molar-refractivity contribution in [3.05, 3.63) is 24.0 Å². The number of nitrogens with zero attached hydrogens (tertiary/aromatic N) is 1. The highest BCUT2D eigenvalue weighted by Crippen LogP contribution is 2.15. The molecule has 1 saturated heterocycles. The lowest BCUT2D eigenvalue weighted by atomic mass is 10.1. The second-order valence-electron chi connectivity index (χ2n) is 3.87. The first-order valence-electron chi connectivity index (χ1n) is 5.19. The summed E-state index contributed by atoms with van der Waals surface area (Å²) < 4.78 is 0. The Hall–Kier alpha value is -1.42. The van der Waals surface area contributed by atoms with E-state index in [-0.39, 0.29) is 11.8 Å². The van der Waals surface area contributed by atoms with E-state index in [1.807, 2.05) is 13.0 Å². The highest BCUT2D eigenvalue weighted by molar-refractivity contribution is 5.93. The van der Waals surface area contributed by atoms with Crippen LogP contribution in [0.1, 0.15) is 12.0 Å². The Morgan fingerprint density at radius 3 is 3.20 bits per heavy atom. The minimum absolute atomic E-state index is 0.106. The van der Waals surface area contributed by atoms with Gasteiger partial charge in [0.15, 0.2) is 0 Å². The van der Waals surface area contributed by atoms with Gasteiger partial charge >= 0.3 is 0 Å². The number of nitrogens with one attached hydrogen (secondary N) is 2. The third-order valence-electron chi connectivity index (χ3n) is 2.71. The van der Waals surface area contributed by atoms with E-state index in [0.29, 0.717) is 0 Å². The molecule has 1 aromatic heterocycles. The molecule has 1 unspecified atom stereocenters. The van der Waals surface area contributed by atoms with Gasteiger partial charge in [0, 0.05) is 24.6 Å². The van der Waals surface area contributed by atoms with Crippen molar-refractivity contribution in [3.63, 3.8) is 0 Å². The topological polar surface area (TPSA) is 54.0 Å². The Morgan fingerprint density at radius 2 is 2.53 bits per heavy atom. The zero-order valence-electron chi connectivity index (χ0n) is 8.79. The van der Waals surface area contributed by atoms with Gasteiger partial charge in [0.05, 0.1) is 5.92 Å². The molecule has 0 radical (unpaired) electrons. The molecule has 1 aliphatic rings. The predicted octanol–water partition coefficient (Wildman–Crippen LogP) is 0.938. The Morgan fingerprint density at radius 1 is 1.67 bits per heavy atom. The average molecular weight is 205 g/mol. The SMILES string of the molecule is Cc1cnccc1NC(=O)C1CCNC1. The van der Waals surface area contributed by atoms with Gasteiger partial charge in [-0.3, -0.25) is 9.78 Å². The van der Waals surface area contributed by atoms with Gasteiger partial charge in [-0.2, -0.15) is 0 Å². The minimum Gasteiger partial charge on any atom is -0.325 e. The first-order chi connectivity index (χ1) is 7.27. The largest absolute Gasteiger partial charge is 0.325 e. The number of aromatic nitrogens is 1. The molecule has 0 aromatic carbocycles. The number of amides is 1. The summed E-state index contributed by atoms with van der Waals surface area (Å²) in [6.07, 6.45) is 4.37. The maximum absolute atomic E-state index is 11.8. The van der Waals surface area contributed by atoms with E-state index in [2.05, 4.69) is 15.6 Å². The number of hydrogen-bond acceptors (Lipinski definition) is 3. The van der Waals surface area contributed by atoms with Crippen LogP contribution in [0.5, 0.6) is 0 Å². The van der Waals surface area contributed by atoms with Crippen molar-refractivity contribution in [1.82, 2.24) is 10.3 Å². The maximum atomic E-state index is 11.8. The summed E-state index contributed by atoms with van der Waals surface area (Å²) in [5, 5.41) is 6.11. The molecule has 4 nitrogen and oxygen atoms in total. The molecule has 0 bridgehead atoms. The van der Waals surface area contributed by atoms with Gasteiger partial charge in [-0.05, 0) is 31.5 Å². The van der Waals surface area contributed by atoms with Gasteiger partial charge in [-0.15, -0.1) is 0 Å². The van der Waals surface area contributed by atoms with Gasteiger partial charge in [0.2, 0.25) is 5.91 Å². The first-order valence-corrected chi connectivity index (χ1v) is 5.19. The first kappa shape index (κ1) is 10.1. The molecule has 15 heavy (non-hydrogen) atoms. The lowest BCUT2D eigenvalue weighted by Gasteiger charge is -2.11. The molecule has 1 fully saturated rings. The molecule has 2 heterocycles. The summed E-state index contributed by atoms with van der Waals surface area (Å²) in [5.41, 5.74) is 1.86. The molecule has 1 amide bonds. The summed E-state index contributed by atoms with van der Waals surface area (Å²) in [4.78, 5) is 15.8. The van der Waals surface area contributed by atoms with Gasteiger partial charge in [-0.25, -0.2) is 0 Å². The van der Waals surface area contributed by atoms with Gasteiger partial charge in [-0.1, -0.05) is 0 Å². The van der Waals surface area contributed by atoms with Crippen molar-refractivity contribution in [1.29, 1.82) is 0 Å². The molecule has 0 aliphatic carbocycles. The number of aryl methyl sites for hydroxylation is 1. The number of carbonyl (C=O) groups is 1. The predicted molar refractivity (Wildman–Crippen MR) is 58.6 cm³/mol. The van der Waals surface area contributed by atoms with Crippen LogP contribution in [0.15, 0.2) is 18.5 Å². The number of hydrogen-bond donors (Lipinski definition) is 2. The fourth-order valence-corrected chi connectivity index (χ4v) is 1.73. The highest BCUT2D eigenvalue weighted by atomic mass is 16.1. The molecule has 1 aromatic rings. The molecule has 2 N–H and O–H groups in total. The van der Waals surface area contributed by atoms with Crippen LogP contribution < -0.4 is 10.6 Å². The van der Waals surface area contributed by atoms with E-state index in [1.54, 1.807) is 12.4 Å². The van der Waals surface area contributed by atoms with Crippen LogP contribution in [-0.4, -0.2) is 24.0 Å². The van der Waals surface area contributed by atoms with Gasteiger partial charge < -0.3 is 10.6 Å². The molecular weight excluding hydrogens is 190 g/mol. The Bertz CT molecular complexity index is 359. The van der Waals surface area contributed by atoms with Crippen LogP contribution in [0.3, 0.4) is 0 Å². The van der Waals surface area contributed by atoms with E-state index in [4.69, 9.17) is 0 Å². The van der Waals surface area contributed by atoms with Crippen molar-refractivity contribution >= 4 is 11.6 Å². The van der Waals surface area contributed by atoms with Crippen LogP contribution in [0.4, 0.5) is 5.69 Å². The number of rotatable bonds is 2. The van der Waals surface area contributed by atoms with Gasteiger partial charge in [0.1, 0.15) is 0 Å². The fraction of sp³-hybridized carbons (Fsp3) is 0.455. The van der Waals surface area contributed by atoms with Crippen molar-refractivity contribution in [2.75, 3.05) is 18.4 Å². The summed E-state index contributed by atoms with van der Waals surface area (Å²) in [5.74, 6) is 0.215. The fourth-order valence-electron chi connectivity index (χ4n) is 1.73. The van der Waals surface area contributed by atoms with Crippen molar-refractivity contribution < 1.29 is 4.79 Å². The number of carbonyl (C=O) groups excluding carboxylic acids is 1. The quantitative estimate of drug-likeness (QED) is 0.755. The lowest BCUT2D eigenvalue weighted by Crippen LogP contribution is -2.24. The summed E-state index contributed by atoms with van der Waals surface area (Å²) in [7, 11) is 0. The zero-order valence-corrected chi connectivity index (χ0v) is 8.79. The summed E-state index contributed by atoms with van der Waals surface area (Å²) in [6.45, 7) is 3.67. The molecule has 1 atom stereocenters. The maximum Gasteiger partial charge on any atom is 0.228 e. The van der Waals surface area contributed by atoms with E-state index in [9.17, 15) is 4.79 Å². The van der Waals surface area contributed by atoms with Crippen LogP contribution >= 0.6 is 0 Å². The summed E-state index contributed by atoms with van der Waals surface area (Å²) in [6, 6.07) is 1.83. The molecule has 4 heteroatoms. The molecule has 1 aliphatic heterocycles. The van der Waals surface area contributed by atoms with Crippen LogP contribution in [0.2, 0.25) is 0 Å². The van der Waals surface area contributed by atoms with E-state index in [0.717, 1.165) is 30.8 Å². The third-order valence-corrected chi connectivity index (χ3v) is 2.71. The Balaban J connectivity index is 2.02. The second kappa shape index (κ2) is 4.40. The molecule has 0 saturated carbocycles. The second-order valence-corrected chi connectivity index (χ2v) is 3.87. The van der Waals surface area contributed by atoms with E-state index in [1.165, 1.54) is 0 Å². The summed E-state index contributed by atoms with van der Waals surface area (Å²) >= 11 is 0. The minimum atomic E-state index is 0.106. The molecule has 2 rings (SSSR count). The highest BCUT2D eigenvalue weighted by Gasteiger charge is 2.22. The smallest absolute Gasteiger partial charge is 0.228 e. The lowest BCUT2D eigenvalue weighted by molar-refractivity contribution is -0.119. The average Bonchev–Trinajstić information content (AvgIpc) is 2.74. The van der Waals surface area contributed by atoms with Crippen LogP contribution in [0.25, 0.3) is 0 Å². The van der Waals surface area contributed by atoms with Crippen LogP contribution in [-0.2, 0) is 4.79 Å².